The average molecular weight is 1440 g/mol. The number of hydrogen-bond acceptors (Lipinski definition) is 15. The third kappa shape index (κ3) is 72.4. The van der Waals surface area contributed by atoms with E-state index in [1.807, 2.05) is 0 Å². The van der Waals surface area contributed by atoms with E-state index in [4.69, 9.17) is 37.0 Å². The van der Waals surface area contributed by atoms with Crippen LogP contribution in [0.4, 0.5) is 0 Å². The molecule has 98 heavy (non-hydrogen) atoms. The molecule has 0 fully saturated rings. The molecule has 0 heterocycles. The van der Waals surface area contributed by atoms with Gasteiger partial charge in [-0.15, -0.1) is 0 Å². The van der Waals surface area contributed by atoms with Crippen molar-refractivity contribution in [2.24, 2.45) is 17.8 Å². The van der Waals surface area contributed by atoms with Gasteiger partial charge >= 0.3 is 39.5 Å². The SMILES string of the molecule is CCCCCCCCCC(=O)OC[C@H](COP(=O)(O)OC[C@H](O)COP(=O)(O)OC[C@@H](COC(=O)CCCCCCCCCCCCCCCCCC(C)C)OC(=O)CCCCCCCCCCCCCCCCCC(C)C)OC(=O)CCCCCCCCCCCCCCC(C)C. The molecule has 582 valence electrons. The van der Waals surface area contributed by atoms with Crippen molar-refractivity contribution < 1.29 is 80.2 Å². The van der Waals surface area contributed by atoms with Gasteiger partial charge in [-0.25, -0.2) is 9.13 Å². The Labute approximate surface area is 600 Å². The molecule has 0 saturated carbocycles. The zero-order chi connectivity index (χ0) is 72.3. The first-order valence-corrected chi connectivity index (χ1v) is 43.8. The summed E-state index contributed by atoms with van der Waals surface area (Å²) in [7, 11) is -9.91. The minimum absolute atomic E-state index is 0.106. The number of unbranched alkanes of at least 4 members (excludes halogenated alkanes) is 45. The fourth-order valence-electron chi connectivity index (χ4n) is 12.1. The highest BCUT2D eigenvalue weighted by Crippen LogP contribution is 2.45. The van der Waals surface area contributed by atoms with Gasteiger partial charge in [0, 0.05) is 25.7 Å². The largest absolute Gasteiger partial charge is 0.472 e. The number of ether oxygens (including phenoxy) is 4. The summed E-state index contributed by atoms with van der Waals surface area (Å²) in [5, 5.41) is 10.6. The maximum Gasteiger partial charge on any atom is 0.472 e. The average Bonchev–Trinajstić information content (AvgIpc) is 0.949. The monoisotopic (exact) mass is 1440 g/mol. The number of aliphatic hydroxyl groups is 1. The number of aliphatic hydroxyl groups excluding tert-OH is 1. The maximum atomic E-state index is 13.1. The summed E-state index contributed by atoms with van der Waals surface area (Å²) < 4.78 is 68.5. The Kier molecular flexibility index (Phi) is 68.1. The zero-order valence-corrected chi connectivity index (χ0v) is 66.0. The Morgan fingerprint density at radius 3 is 0.694 bits per heavy atom. The standard InChI is InChI=1S/C79H154O17P2/c1-8-9-10-11-36-46-53-60-76(81)89-66-74(95-78(83)63-56-49-42-35-29-23-22-26-32-39-45-52-59-72(6)7)68-93-97(85,86)91-64-73(80)65-92-98(87,88)94-69-75(96-79(84)62-55-48-41-34-28-21-17-13-15-19-25-31-38-44-51-58-71(4)5)67-90-77(82)61-54-47-40-33-27-20-16-12-14-18-24-30-37-43-50-57-70(2)3/h70-75,80H,8-69H2,1-7H3,(H,85,86)(H,87,88)/t73-,74+,75+/m0/s1. The van der Waals surface area contributed by atoms with Gasteiger partial charge < -0.3 is 33.8 Å². The van der Waals surface area contributed by atoms with Crippen LogP contribution in [0.3, 0.4) is 0 Å². The Bertz CT molecular complexity index is 1900. The van der Waals surface area contributed by atoms with Crippen LogP contribution in [-0.4, -0.2) is 96.7 Å². The Morgan fingerprint density at radius 2 is 0.469 bits per heavy atom. The Balaban J connectivity index is 5.19. The van der Waals surface area contributed by atoms with E-state index in [0.717, 1.165) is 120 Å². The summed E-state index contributed by atoms with van der Waals surface area (Å²) >= 11 is 0. The molecule has 0 amide bonds. The Morgan fingerprint density at radius 1 is 0.276 bits per heavy atom. The molecule has 0 saturated heterocycles. The van der Waals surface area contributed by atoms with E-state index >= 15 is 0 Å². The molecule has 0 aliphatic rings. The summed E-state index contributed by atoms with van der Waals surface area (Å²) in [4.78, 5) is 72.8. The van der Waals surface area contributed by atoms with Crippen LogP contribution in [0.2, 0.25) is 0 Å². The summed E-state index contributed by atoms with van der Waals surface area (Å²) in [5.41, 5.74) is 0. The minimum Gasteiger partial charge on any atom is -0.462 e. The number of esters is 4. The normalized spacial score (nSPS) is 14.0. The molecule has 0 aliphatic heterocycles. The zero-order valence-electron chi connectivity index (χ0n) is 64.3. The van der Waals surface area contributed by atoms with Gasteiger partial charge in [0.15, 0.2) is 12.2 Å². The van der Waals surface area contributed by atoms with Crippen LogP contribution in [0, 0.1) is 17.8 Å². The molecule has 2 unspecified atom stereocenters. The van der Waals surface area contributed by atoms with Gasteiger partial charge in [0.05, 0.1) is 26.4 Å². The van der Waals surface area contributed by atoms with Gasteiger partial charge in [-0.05, 0) is 43.4 Å². The molecule has 3 N–H and O–H groups in total. The minimum atomic E-state index is -4.96. The molecule has 0 aromatic carbocycles. The second-order valence-electron chi connectivity index (χ2n) is 29.9. The second-order valence-corrected chi connectivity index (χ2v) is 32.8. The van der Waals surface area contributed by atoms with Gasteiger partial charge in [0.25, 0.3) is 0 Å². The van der Waals surface area contributed by atoms with Crippen molar-refractivity contribution in [1.29, 1.82) is 0 Å². The van der Waals surface area contributed by atoms with Crippen molar-refractivity contribution in [3.05, 3.63) is 0 Å². The number of carbonyl (C=O) groups excluding carboxylic acids is 4. The van der Waals surface area contributed by atoms with Gasteiger partial charge in [-0.1, -0.05) is 357 Å². The van der Waals surface area contributed by atoms with Crippen molar-refractivity contribution in [2.75, 3.05) is 39.6 Å². The van der Waals surface area contributed by atoms with Crippen molar-refractivity contribution in [1.82, 2.24) is 0 Å². The number of rotatable bonds is 77. The van der Waals surface area contributed by atoms with Crippen LogP contribution < -0.4 is 0 Å². The molecule has 0 rings (SSSR count). The lowest BCUT2D eigenvalue weighted by Gasteiger charge is -2.21. The van der Waals surface area contributed by atoms with E-state index < -0.39 is 97.5 Å². The molecule has 0 aromatic heterocycles. The third-order valence-electron chi connectivity index (χ3n) is 18.4. The first-order valence-electron chi connectivity index (χ1n) is 40.8. The van der Waals surface area contributed by atoms with Crippen LogP contribution in [0.1, 0.15) is 408 Å². The van der Waals surface area contributed by atoms with Crippen LogP contribution in [0.25, 0.3) is 0 Å². The molecule has 0 aliphatic carbocycles. The lowest BCUT2D eigenvalue weighted by atomic mass is 10.0. The number of hydrogen-bond donors (Lipinski definition) is 3. The molecule has 5 atom stereocenters. The smallest absolute Gasteiger partial charge is 0.462 e. The van der Waals surface area contributed by atoms with E-state index in [1.165, 1.54) is 205 Å². The first-order chi connectivity index (χ1) is 47.2. The molecular weight excluding hydrogens is 1280 g/mol. The topological polar surface area (TPSA) is 237 Å². The number of carbonyl (C=O) groups is 4. The fraction of sp³-hybridized carbons (Fsp3) is 0.949. The van der Waals surface area contributed by atoms with E-state index in [2.05, 4.69) is 48.5 Å². The van der Waals surface area contributed by atoms with Crippen molar-refractivity contribution >= 4 is 39.5 Å². The molecule has 0 spiro atoms. The second kappa shape index (κ2) is 69.4. The van der Waals surface area contributed by atoms with Crippen molar-refractivity contribution in [3.8, 4) is 0 Å². The summed E-state index contributed by atoms with van der Waals surface area (Å²) in [5.74, 6) is 0.269. The quantitative estimate of drug-likeness (QED) is 0.0222. The number of phosphoric acid groups is 2. The van der Waals surface area contributed by atoms with Crippen LogP contribution in [0.5, 0.6) is 0 Å². The molecular formula is C79H154O17P2. The van der Waals surface area contributed by atoms with Gasteiger partial charge in [0.2, 0.25) is 0 Å². The van der Waals surface area contributed by atoms with Crippen molar-refractivity contribution in [2.45, 2.75) is 426 Å². The van der Waals surface area contributed by atoms with Crippen molar-refractivity contribution in [3.63, 3.8) is 0 Å². The molecule has 17 nitrogen and oxygen atoms in total. The predicted molar refractivity (Wildman–Crippen MR) is 400 cm³/mol. The van der Waals surface area contributed by atoms with E-state index in [0.29, 0.717) is 25.7 Å². The molecule has 0 radical (unpaired) electrons. The highest BCUT2D eigenvalue weighted by atomic mass is 31.2. The van der Waals surface area contributed by atoms with Gasteiger partial charge in [0.1, 0.15) is 19.3 Å². The predicted octanol–water partition coefficient (Wildman–Crippen LogP) is 23.4. The number of phosphoric ester groups is 2. The van der Waals surface area contributed by atoms with E-state index in [-0.39, 0.29) is 25.7 Å². The summed E-state index contributed by atoms with van der Waals surface area (Å²) in [6.07, 6.45) is 57.0. The Hall–Kier alpha value is -1.94. The fourth-order valence-corrected chi connectivity index (χ4v) is 13.7. The first kappa shape index (κ1) is 96.1. The third-order valence-corrected chi connectivity index (χ3v) is 20.3. The van der Waals surface area contributed by atoms with E-state index in [1.54, 1.807) is 0 Å². The van der Waals surface area contributed by atoms with Crippen LogP contribution in [-0.2, 0) is 65.4 Å². The van der Waals surface area contributed by atoms with E-state index in [9.17, 15) is 43.2 Å². The lowest BCUT2D eigenvalue weighted by Crippen LogP contribution is -2.30. The van der Waals surface area contributed by atoms with Gasteiger partial charge in [-0.3, -0.25) is 37.3 Å². The lowest BCUT2D eigenvalue weighted by molar-refractivity contribution is -0.161. The molecule has 0 bridgehead atoms. The molecule has 0 aromatic rings. The highest BCUT2D eigenvalue weighted by Gasteiger charge is 2.30. The van der Waals surface area contributed by atoms with Crippen LogP contribution in [0.15, 0.2) is 0 Å². The van der Waals surface area contributed by atoms with Gasteiger partial charge in [-0.2, -0.15) is 0 Å². The highest BCUT2D eigenvalue weighted by molar-refractivity contribution is 7.47. The maximum absolute atomic E-state index is 13.1. The summed E-state index contributed by atoms with van der Waals surface area (Å²) in [6, 6.07) is 0. The summed E-state index contributed by atoms with van der Waals surface area (Å²) in [6.45, 7) is 11.9. The van der Waals surface area contributed by atoms with Crippen LogP contribution >= 0.6 is 15.6 Å². The molecule has 19 heteroatoms.